The van der Waals surface area contributed by atoms with E-state index in [-0.39, 0.29) is 17.7 Å². The Morgan fingerprint density at radius 2 is 1.65 bits per heavy atom. The molecule has 3 atom stereocenters. The fourth-order valence-corrected chi connectivity index (χ4v) is 6.30. The molecule has 0 aromatic heterocycles. The van der Waals surface area contributed by atoms with Gasteiger partial charge in [-0.05, 0) is 55.5 Å². The SMILES string of the molecule is O=S(=O)(c1ccccc1F)N1[C@@H]2CC[C@H]1CC(O)(c1cccc(F)c1)C2. The van der Waals surface area contributed by atoms with Crippen molar-refractivity contribution >= 4 is 10.0 Å². The van der Waals surface area contributed by atoms with Gasteiger partial charge in [0.1, 0.15) is 16.5 Å². The van der Waals surface area contributed by atoms with Gasteiger partial charge in [-0.1, -0.05) is 24.3 Å². The second-order valence-corrected chi connectivity index (χ2v) is 8.91. The number of benzene rings is 2. The molecule has 0 saturated carbocycles. The van der Waals surface area contributed by atoms with Gasteiger partial charge in [-0.3, -0.25) is 0 Å². The average molecular weight is 379 g/mol. The molecule has 1 N–H and O–H groups in total. The summed E-state index contributed by atoms with van der Waals surface area (Å²) in [6.07, 6.45) is 1.52. The van der Waals surface area contributed by atoms with Gasteiger partial charge in [-0.2, -0.15) is 4.31 Å². The van der Waals surface area contributed by atoms with Crippen LogP contribution in [-0.4, -0.2) is 29.9 Å². The van der Waals surface area contributed by atoms with Crippen LogP contribution in [0.3, 0.4) is 0 Å². The van der Waals surface area contributed by atoms with Gasteiger partial charge in [0, 0.05) is 12.1 Å². The molecule has 2 aromatic carbocycles. The minimum atomic E-state index is -4.00. The fourth-order valence-electron chi connectivity index (χ4n) is 4.36. The first-order valence-corrected chi connectivity index (χ1v) is 10.0. The predicted octanol–water partition coefficient (Wildman–Crippen LogP) is 3.17. The normalized spacial score (nSPS) is 29.0. The lowest BCUT2D eigenvalue weighted by atomic mass is 9.81. The number of piperidine rings is 1. The highest BCUT2D eigenvalue weighted by Gasteiger charge is 2.53. The number of hydrogen-bond acceptors (Lipinski definition) is 3. The lowest BCUT2D eigenvalue weighted by molar-refractivity contribution is -0.0342. The van der Waals surface area contributed by atoms with Gasteiger partial charge in [0.2, 0.25) is 10.0 Å². The van der Waals surface area contributed by atoms with Crippen LogP contribution in [0.2, 0.25) is 0 Å². The zero-order valence-corrected chi connectivity index (χ0v) is 14.8. The minimum absolute atomic E-state index is 0.167. The highest BCUT2D eigenvalue weighted by molar-refractivity contribution is 7.89. The summed E-state index contributed by atoms with van der Waals surface area (Å²) < 4.78 is 55.0. The molecule has 0 spiro atoms. The summed E-state index contributed by atoms with van der Waals surface area (Å²) in [5.41, 5.74) is -0.827. The molecule has 0 aliphatic carbocycles. The number of aliphatic hydroxyl groups is 1. The molecule has 138 valence electrons. The van der Waals surface area contributed by atoms with Crippen LogP contribution in [-0.2, 0) is 15.6 Å². The van der Waals surface area contributed by atoms with Crippen LogP contribution in [0.4, 0.5) is 8.78 Å². The summed E-state index contributed by atoms with van der Waals surface area (Å²) in [5, 5.41) is 11.1. The van der Waals surface area contributed by atoms with E-state index in [0.717, 1.165) is 6.07 Å². The van der Waals surface area contributed by atoms with E-state index in [1.165, 1.54) is 40.7 Å². The Bertz CT molecular complexity index is 933. The van der Waals surface area contributed by atoms with Crippen molar-refractivity contribution in [1.29, 1.82) is 0 Å². The maximum Gasteiger partial charge on any atom is 0.246 e. The number of fused-ring (bicyclic) bond motifs is 2. The predicted molar refractivity (Wildman–Crippen MR) is 91.8 cm³/mol. The van der Waals surface area contributed by atoms with E-state index in [9.17, 15) is 22.3 Å². The molecule has 2 aliphatic rings. The number of hydrogen-bond donors (Lipinski definition) is 1. The maximum atomic E-state index is 14.1. The van der Waals surface area contributed by atoms with E-state index in [2.05, 4.69) is 0 Å². The monoisotopic (exact) mass is 379 g/mol. The summed E-state index contributed by atoms with van der Waals surface area (Å²) in [4.78, 5) is -0.340. The van der Waals surface area contributed by atoms with Crippen LogP contribution in [0.5, 0.6) is 0 Å². The first kappa shape index (κ1) is 17.6. The first-order chi connectivity index (χ1) is 12.3. The van der Waals surface area contributed by atoms with Gasteiger partial charge in [-0.15, -0.1) is 0 Å². The number of rotatable bonds is 3. The van der Waals surface area contributed by atoms with E-state index < -0.39 is 39.3 Å². The third kappa shape index (κ3) is 2.74. The van der Waals surface area contributed by atoms with Crippen molar-refractivity contribution in [3.05, 3.63) is 65.7 Å². The van der Waals surface area contributed by atoms with Crippen molar-refractivity contribution in [1.82, 2.24) is 4.31 Å². The number of nitrogens with zero attached hydrogens (tertiary/aromatic N) is 1. The minimum Gasteiger partial charge on any atom is -0.385 e. The summed E-state index contributed by atoms with van der Waals surface area (Å²) in [5.74, 6) is -1.22. The Labute approximate surface area is 151 Å². The van der Waals surface area contributed by atoms with Gasteiger partial charge in [0.05, 0.1) is 5.60 Å². The third-order valence-corrected chi connectivity index (χ3v) is 7.49. The molecule has 2 aromatic rings. The van der Waals surface area contributed by atoms with Gasteiger partial charge in [0.15, 0.2) is 0 Å². The van der Waals surface area contributed by atoms with Crippen molar-refractivity contribution in [2.75, 3.05) is 0 Å². The van der Waals surface area contributed by atoms with Crippen molar-refractivity contribution < 1.29 is 22.3 Å². The molecule has 2 aliphatic heterocycles. The molecule has 2 saturated heterocycles. The molecule has 4 rings (SSSR count). The van der Waals surface area contributed by atoms with E-state index in [1.54, 1.807) is 6.07 Å². The Morgan fingerprint density at radius 1 is 1.00 bits per heavy atom. The standard InChI is InChI=1S/C19H19F2NO3S/c20-14-5-3-4-13(10-14)19(23)11-15-8-9-16(12-19)22(15)26(24,25)18-7-2-1-6-17(18)21/h1-7,10,15-16,23H,8-9,11-12H2/t15-,16+,19?. The molecular formula is C19H19F2NO3S. The zero-order valence-electron chi connectivity index (χ0n) is 14.0. The van der Waals surface area contributed by atoms with E-state index in [1.807, 2.05) is 0 Å². The summed E-state index contributed by atoms with van der Waals surface area (Å²) in [6, 6.07) is 10.2. The molecule has 2 heterocycles. The Kier molecular flexibility index (Phi) is 4.13. The fraction of sp³-hybridized carbons (Fsp3) is 0.368. The molecule has 0 amide bonds. The molecule has 0 radical (unpaired) electrons. The molecule has 2 fully saturated rings. The van der Waals surface area contributed by atoms with Crippen LogP contribution in [0.15, 0.2) is 53.4 Å². The van der Waals surface area contributed by atoms with E-state index >= 15 is 0 Å². The number of sulfonamides is 1. The highest BCUT2D eigenvalue weighted by atomic mass is 32.2. The van der Waals surface area contributed by atoms with E-state index in [4.69, 9.17) is 0 Å². The average Bonchev–Trinajstić information content (AvgIpc) is 2.89. The third-order valence-electron chi connectivity index (χ3n) is 5.45. The molecule has 26 heavy (non-hydrogen) atoms. The van der Waals surface area contributed by atoms with Crippen LogP contribution in [0.1, 0.15) is 31.2 Å². The van der Waals surface area contributed by atoms with Crippen LogP contribution in [0, 0.1) is 11.6 Å². The maximum absolute atomic E-state index is 14.1. The summed E-state index contributed by atoms with van der Waals surface area (Å²) >= 11 is 0. The summed E-state index contributed by atoms with van der Waals surface area (Å²) in [6.45, 7) is 0. The lowest BCUT2D eigenvalue weighted by Crippen LogP contribution is -2.52. The van der Waals surface area contributed by atoms with Crippen LogP contribution >= 0.6 is 0 Å². The first-order valence-electron chi connectivity index (χ1n) is 8.58. The zero-order chi connectivity index (χ0) is 18.5. The number of halogens is 2. The van der Waals surface area contributed by atoms with Crippen LogP contribution < -0.4 is 0 Å². The molecular weight excluding hydrogens is 360 g/mol. The van der Waals surface area contributed by atoms with E-state index in [0.29, 0.717) is 18.4 Å². The van der Waals surface area contributed by atoms with Gasteiger partial charge in [0.25, 0.3) is 0 Å². The Hall–Kier alpha value is -1.83. The van der Waals surface area contributed by atoms with Crippen LogP contribution in [0.25, 0.3) is 0 Å². The molecule has 7 heteroatoms. The van der Waals surface area contributed by atoms with Gasteiger partial charge < -0.3 is 5.11 Å². The Morgan fingerprint density at radius 3 is 2.27 bits per heavy atom. The smallest absolute Gasteiger partial charge is 0.246 e. The van der Waals surface area contributed by atoms with Crippen molar-refractivity contribution in [2.45, 2.75) is 48.3 Å². The van der Waals surface area contributed by atoms with Crippen molar-refractivity contribution in [3.63, 3.8) is 0 Å². The van der Waals surface area contributed by atoms with Gasteiger partial charge in [-0.25, -0.2) is 17.2 Å². The molecule has 1 unspecified atom stereocenters. The quantitative estimate of drug-likeness (QED) is 0.891. The molecule has 2 bridgehead atoms. The summed E-state index contributed by atoms with van der Waals surface area (Å²) in [7, 11) is -4.00. The largest absolute Gasteiger partial charge is 0.385 e. The second-order valence-electron chi connectivity index (χ2n) is 7.10. The second kappa shape index (κ2) is 6.11. The lowest BCUT2D eigenvalue weighted by Gasteiger charge is -2.43. The molecule has 4 nitrogen and oxygen atoms in total. The highest BCUT2D eigenvalue weighted by Crippen LogP contribution is 2.48. The van der Waals surface area contributed by atoms with Gasteiger partial charge >= 0.3 is 0 Å². The Balaban J connectivity index is 1.69. The van der Waals surface area contributed by atoms with Crippen molar-refractivity contribution in [2.24, 2.45) is 0 Å². The van der Waals surface area contributed by atoms with Crippen molar-refractivity contribution in [3.8, 4) is 0 Å². The topological polar surface area (TPSA) is 57.6 Å².